The van der Waals surface area contributed by atoms with Crippen LogP contribution in [0.4, 0.5) is 4.79 Å². The summed E-state index contributed by atoms with van der Waals surface area (Å²) in [6.45, 7) is 3.58. The Morgan fingerprint density at radius 1 is 1.32 bits per heavy atom. The number of benzene rings is 1. The van der Waals surface area contributed by atoms with E-state index in [-0.39, 0.29) is 11.9 Å². The first kappa shape index (κ1) is 16.8. The van der Waals surface area contributed by atoms with E-state index in [1.54, 1.807) is 27.0 Å². The van der Waals surface area contributed by atoms with E-state index in [9.17, 15) is 9.59 Å². The average molecular weight is 324 g/mol. The Balaban J connectivity index is 2.49. The second kappa shape index (κ2) is 6.69. The fourth-order valence-electron chi connectivity index (χ4n) is 3.07. The van der Waals surface area contributed by atoms with Crippen molar-refractivity contribution in [1.29, 1.82) is 0 Å². The minimum atomic E-state index is -1.03. The van der Waals surface area contributed by atoms with Gasteiger partial charge < -0.3 is 4.74 Å². The molecule has 0 spiro atoms. The van der Waals surface area contributed by atoms with Gasteiger partial charge in [-0.2, -0.15) is 0 Å². The summed E-state index contributed by atoms with van der Waals surface area (Å²) in [7, 11) is 1.62. The SMILES string of the molecule is CC(C)OC(=O)N(C)C1(c2ccccc2Cl)CCCCC1=O. The number of carbonyl (C=O) groups is 2. The van der Waals surface area contributed by atoms with Gasteiger partial charge in [-0.3, -0.25) is 9.69 Å². The van der Waals surface area contributed by atoms with Crippen LogP contribution in [0.15, 0.2) is 24.3 Å². The molecule has 1 amide bonds. The lowest BCUT2D eigenvalue weighted by Gasteiger charge is -2.43. The highest BCUT2D eigenvalue weighted by Crippen LogP contribution is 2.42. The molecule has 1 fully saturated rings. The quantitative estimate of drug-likeness (QED) is 0.839. The smallest absolute Gasteiger partial charge is 0.410 e. The van der Waals surface area contributed by atoms with Crippen LogP contribution in [-0.4, -0.2) is 29.9 Å². The summed E-state index contributed by atoms with van der Waals surface area (Å²) in [5, 5.41) is 0.502. The number of carbonyl (C=O) groups excluding carboxylic acids is 2. The van der Waals surface area contributed by atoms with Gasteiger partial charge in [0.2, 0.25) is 0 Å². The normalized spacial score (nSPS) is 21.8. The first-order valence-corrected chi connectivity index (χ1v) is 8.00. The summed E-state index contributed by atoms with van der Waals surface area (Å²) in [6, 6.07) is 7.23. The van der Waals surface area contributed by atoms with Crippen LogP contribution < -0.4 is 0 Å². The van der Waals surface area contributed by atoms with Gasteiger partial charge >= 0.3 is 6.09 Å². The largest absolute Gasteiger partial charge is 0.447 e. The molecule has 1 atom stereocenters. The molecule has 0 aromatic heterocycles. The van der Waals surface area contributed by atoms with Gasteiger partial charge in [0.15, 0.2) is 5.78 Å². The van der Waals surface area contributed by atoms with Crippen molar-refractivity contribution in [2.75, 3.05) is 7.05 Å². The number of amides is 1. The van der Waals surface area contributed by atoms with E-state index < -0.39 is 11.6 Å². The van der Waals surface area contributed by atoms with E-state index in [1.165, 1.54) is 4.90 Å². The Labute approximate surface area is 136 Å². The molecule has 0 saturated heterocycles. The number of Topliss-reactive ketones (excluding diaryl/α,β-unsaturated/α-hetero) is 1. The number of likely N-dealkylation sites (N-methyl/N-ethyl adjacent to an activating group) is 1. The van der Waals surface area contributed by atoms with Crippen LogP contribution in [0.25, 0.3) is 0 Å². The zero-order valence-corrected chi connectivity index (χ0v) is 14.0. The van der Waals surface area contributed by atoms with Gasteiger partial charge in [0.25, 0.3) is 0 Å². The van der Waals surface area contributed by atoms with Gasteiger partial charge in [0, 0.05) is 24.1 Å². The lowest BCUT2D eigenvalue weighted by molar-refractivity contribution is -0.133. The second-order valence-corrected chi connectivity index (χ2v) is 6.37. The fourth-order valence-corrected chi connectivity index (χ4v) is 3.36. The first-order chi connectivity index (χ1) is 10.4. The monoisotopic (exact) mass is 323 g/mol. The van der Waals surface area contributed by atoms with Gasteiger partial charge in [-0.25, -0.2) is 4.79 Å². The second-order valence-electron chi connectivity index (χ2n) is 5.96. The zero-order valence-electron chi connectivity index (χ0n) is 13.3. The summed E-state index contributed by atoms with van der Waals surface area (Å²) in [5.74, 6) is 0.0232. The van der Waals surface area contributed by atoms with Gasteiger partial charge in [-0.1, -0.05) is 29.8 Å². The number of hydrogen-bond acceptors (Lipinski definition) is 3. The average Bonchev–Trinajstić information content (AvgIpc) is 2.47. The van der Waals surface area contributed by atoms with Crippen molar-refractivity contribution >= 4 is 23.5 Å². The molecule has 1 aromatic rings. The van der Waals surface area contributed by atoms with Crippen LogP contribution >= 0.6 is 11.6 Å². The molecule has 0 aliphatic heterocycles. The maximum absolute atomic E-state index is 12.8. The van der Waals surface area contributed by atoms with E-state index in [2.05, 4.69) is 0 Å². The summed E-state index contributed by atoms with van der Waals surface area (Å²) in [6.07, 6.45) is 2.00. The Hall–Kier alpha value is -1.55. The summed E-state index contributed by atoms with van der Waals surface area (Å²) >= 11 is 6.34. The Bertz CT molecular complexity index is 573. The molecule has 0 heterocycles. The number of halogens is 1. The summed E-state index contributed by atoms with van der Waals surface area (Å²) in [5.41, 5.74) is -0.340. The van der Waals surface area contributed by atoms with Crippen molar-refractivity contribution in [2.24, 2.45) is 0 Å². The van der Waals surface area contributed by atoms with E-state index in [0.29, 0.717) is 23.4 Å². The predicted molar refractivity (Wildman–Crippen MR) is 86.0 cm³/mol. The molecule has 2 rings (SSSR count). The van der Waals surface area contributed by atoms with Crippen molar-refractivity contribution in [2.45, 2.75) is 51.2 Å². The maximum Gasteiger partial charge on any atom is 0.410 e. The van der Waals surface area contributed by atoms with E-state index >= 15 is 0 Å². The predicted octanol–water partition coefficient (Wildman–Crippen LogP) is 4.16. The number of hydrogen-bond donors (Lipinski definition) is 0. The molecule has 1 saturated carbocycles. The number of ketones is 1. The molecule has 22 heavy (non-hydrogen) atoms. The van der Waals surface area contributed by atoms with Gasteiger partial charge in [-0.05, 0) is 39.2 Å². The van der Waals surface area contributed by atoms with Gasteiger partial charge in [0.1, 0.15) is 5.54 Å². The third-order valence-electron chi connectivity index (χ3n) is 4.16. The van der Waals surface area contributed by atoms with Crippen molar-refractivity contribution in [3.63, 3.8) is 0 Å². The van der Waals surface area contributed by atoms with Crippen LogP contribution in [0.1, 0.15) is 45.1 Å². The van der Waals surface area contributed by atoms with Crippen molar-refractivity contribution < 1.29 is 14.3 Å². The molecule has 1 unspecified atom stereocenters. The number of nitrogens with zero attached hydrogens (tertiary/aromatic N) is 1. The van der Waals surface area contributed by atoms with Gasteiger partial charge in [-0.15, -0.1) is 0 Å². The molecule has 5 heteroatoms. The van der Waals surface area contributed by atoms with Crippen LogP contribution in [-0.2, 0) is 15.1 Å². The minimum absolute atomic E-state index is 0.0232. The van der Waals surface area contributed by atoms with Crippen LogP contribution in [0.3, 0.4) is 0 Å². The standard InChI is InChI=1S/C17H22ClNO3/c1-12(2)22-16(21)19(3)17(11-7-6-10-15(17)20)13-8-4-5-9-14(13)18/h4-5,8-9,12H,6-7,10-11H2,1-3H3. The van der Waals surface area contributed by atoms with E-state index in [4.69, 9.17) is 16.3 Å². The highest BCUT2D eigenvalue weighted by Gasteiger charge is 2.48. The highest BCUT2D eigenvalue weighted by molar-refractivity contribution is 6.31. The molecule has 1 aromatic carbocycles. The Morgan fingerprint density at radius 3 is 2.59 bits per heavy atom. The Morgan fingerprint density at radius 2 is 2.00 bits per heavy atom. The minimum Gasteiger partial charge on any atom is -0.447 e. The maximum atomic E-state index is 12.8. The third kappa shape index (κ3) is 2.98. The molecular weight excluding hydrogens is 302 g/mol. The first-order valence-electron chi connectivity index (χ1n) is 7.62. The fraction of sp³-hybridized carbons (Fsp3) is 0.529. The summed E-state index contributed by atoms with van der Waals surface area (Å²) in [4.78, 5) is 26.6. The lowest BCUT2D eigenvalue weighted by Crippen LogP contribution is -2.54. The molecular formula is C17H22ClNO3. The number of ether oxygens (including phenoxy) is 1. The van der Waals surface area contributed by atoms with E-state index in [0.717, 1.165) is 12.8 Å². The third-order valence-corrected chi connectivity index (χ3v) is 4.49. The molecule has 4 nitrogen and oxygen atoms in total. The molecule has 120 valence electrons. The molecule has 0 bridgehead atoms. The number of rotatable bonds is 3. The molecule has 0 radical (unpaired) electrons. The lowest BCUT2D eigenvalue weighted by atomic mass is 9.74. The van der Waals surface area contributed by atoms with Crippen molar-refractivity contribution in [1.82, 2.24) is 4.90 Å². The summed E-state index contributed by atoms with van der Waals surface area (Å²) < 4.78 is 5.29. The van der Waals surface area contributed by atoms with Crippen LogP contribution in [0.2, 0.25) is 5.02 Å². The highest BCUT2D eigenvalue weighted by atomic mass is 35.5. The topological polar surface area (TPSA) is 46.6 Å². The van der Waals surface area contributed by atoms with Crippen molar-refractivity contribution in [3.8, 4) is 0 Å². The van der Waals surface area contributed by atoms with Crippen LogP contribution in [0.5, 0.6) is 0 Å². The van der Waals surface area contributed by atoms with Crippen molar-refractivity contribution in [3.05, 3.63) is 34.9 Å². The molecule has 0 N–H and O–H groups in total. The van der Waals surface area contributed by atoms with Crippen LogP contribution in [0, 0.1) is 0 Å². The Kier molecular flexibility index (Phi) is 5.12. The molecule has 1 aliphatic carbocycles. The molecule has 1 aliphatic rings. The van der Waals surface area contributed by atoms with Gasteiger partial charge in [0.05, 0.1) is 6.10 Å². The zero-order chi connectivity index (χ0) is 16.3. The van der Waals surface area contributed by atoms with E-state index in [1.807, 2.05) is 18.2 Å².